The molecular weight excluding hydrogens is 176 g/mol. The molecule has 0 atom stereocenters. The predicted octanol–water partition coefficient (Wildman–Crippen LogP) is -0.536. The molecule has 2 amide bonds. The van der Waals surface area contributed by atoms with E-state index in [4.69, 9.17) is 5.73 Å². The van der Waals surface area contributed by atoms with Gasteiger partial charge in [-0.1, -0.05) is 0 Å². The SMILES string of the molecule is NC(=O)C=CC(=O)NCCCS. The van der Waals surface area contributed by atoms with Gasteiger partial charge in [0.05, 0.1) is 0 Å². The molecule has 5 heteroatoms. The summed E-state index contributed by atoms with van der Waals surface area (Å²) >= 11 is 3.96. The van der Waals surface area contributed by atoms with E-state index in [1.165, 1.54) is 0 Å². The highest BCUT2D eigenvalue weighted by molar-refractivity contribution is 7.80. The van der Waals surface area contributed by atoms with Gasteiger partial charge in [-0.15, -0.1) is 0 Å². The van der Waals surface area contributed by atoms with Crippen molar-refractivity contribution in [3.63, 3.8) is 0 Å². The van der Waals surface area contributed by atoms with Crippen LogP contribution in [0.3, 0.4) is 0 Å². The van der Waals surface area contributed by atoms with Gasteiger partial charge in [0.25, 0.3) is 0 Å². The molecule has 0 fully saturated rings. The first-order valence-corrected chi connectivity index (χ1v) is 4.16. The van der Waals surface area contributed by atoms with Gasteiger partial charge in [-0.05, 0) is 12.2 Å². The van der Waals surface area contributed by atoms with E-state index in [0.29, 0.717) is 6.54 Å². The zero-order valence-corrected chi connectivity index (χ0v) is 7.51. The van der Waals surface area contributed by atoms with Crippen molar-refractivity contribution < 1.29 is 9.59 Å². The Bertz CT molecular complexity index is 192. The van der Waals surface area contributed by atoms with Crippen LogP contribution in [0.2, 0.25) is 0 Å². The molecule has 0 saturated heterocycles. The van der Waals surface area contributed by atoms with Gasteiger partial charge >= 0.3 is 0 Å². The molecule has 0 spiro atoms. The molecule has 0 saturated carbocycles. The number of rotatable bonds is 5. The Hall–Kier alpha value is -0.970. The second-order valence-electron chi connectivity index (χ2n) is 2.10. The molecule has 68 valence electrons. The molecule has 0 aliphatic heterocycles. The summed E-state index contributed by atoms with van der Waals surface area (Å²) in [5, 5.41) is 2.56. The van der Waals surface area contributed by atoms with Gasteiger partial charge in [0.15, 0.2) is 0 Å². The molecule has 0 aliphatic rings. The summed E-state index contributed by atoms with van der Waals surface area (Å²) in [5.74, 6) is -0.213. The van der Waals surface area contributed by atoms with E-state index < -0.39 is 5.91 Å². The van der Waals surface area contributed by atoms with Crippen LogP contribution in [0.5, 0.6) is 0 Å². The number of carbonyl (C=O) groups excluding carboxylic acids is 2. The minimum Gasteiger partial charge on any atom is -0.366 e. The quantitative estimate of drug-likeness (QED) is 0.308. The third-order valence-electron chi connectivity index (χ3n) is 1.03. The van der Waals surface area contributed by atoms with Crippen LogP contribution in [-0.4, -0.2) is 24.1 Å². The summed E-state index contributed by atoms with van der Waals surface area (Å²) in [6.45, 7) is 0.561. The fraction of sp³-hybridized carbons (Fsp3) is 0.429. The van der Waals surface area contributed by atoms with Crippen molar-refractivity contribution in [1.82, 2.24) is 5.32 Å². The fourth-order valence-corrected chi connectivity index (χ4v) is 0.666. The van der Waals surface area contributed by atoms with E-state index in [1.807, 2.05) is 0 Å². The standard InChI is InChI=1S/C7H12N2O2S/c8-6(10)2-3-7(11)9-4-1-5-12/h2-3,12H,1,4-5H2,(H2,8,10)(H,9,11). The highest BCUT2D eigenvalue weighted by atomic mass is 32.1. The lowest BCUT2D eigenvalue weighted by Crippen LogP contribution is -2.23. The minimum absolute atomic E-state index is 0.310. The van der Waals surface area contributed by atoms with E-state index in [9.17, 15) is 9.59 Å². The molecule has 0 heterocycles. The molecule has 0 aliphatic carbocycles. The van der Waals surface area contributed by atoms with Gasteiger partial charge in [0.2, 0.25) is 11.8 Å². The van der Waals surface area contributed by atoms with Gasteiger partial charge in [0.1, 0.15) is 0 Å². The average Bonchev–Trinajstić information content (AvgIpc) is 2.01. The van der Waals surface area contributed by atoms with Crippen molar-refractivity contribution in [3.05, 3.63) is 12.2 Å². The van der Waals surface area contributed by atoms with Gasteiger partial charge in [0, 0.05) is 18.7 Å². The van der Waals surface area contributed by atoms with Crippen LogP contribution < -0.4 is 11.1 Å². The Labute approximate surface area is 76.6 Å². The van der Waals surface area contributed by atoms with Crippen molar-refractivity contribution in [2.24, 2.45) is 5.73 Å². The van der Waals surface area contributed by atoms with Crippen molar-refractivity contribution in [2.75, 3.05) is 12.3 Å². The van der Waals surface area contributed by atoms with Crippen LogP contribution in [-0.2, 0) is 9.59 Å². The minimum atomic E-state index is -0.626. The van der Waals surface area contributed by atoms with E-state index in [2.05, 4.69) is 17.9 Å². The van der Waals surface area contributed by atoms with Crippen molar-refractivity contribution in [2.45, 2.75) is 6.42 Å². The first-order valence-electron chi connectivity index (χ1n) is 3.53. The molecule has 0 aromatic rings. The Morgan fingerprint density at radius 3 is 2.58 bits per heavy atom. The van der Waals surface area contributed by atoms with Crippen LogP contribution in [0, 0.1) is 0 Å². The first-order chi connectivity index (χ1) is 5.66. The van der Waals surface area contributed by atoms with Gasteiger partial charge in [-0.2, -0.15) is 12.6 Å². The van der Waals surface area contributed by atoms with Crippen LogP contribution >= 0.6 is 12.6 Å². The smallest absolute Gasteiger partial charge is 0.244 e. The maximum absolute atomic E-state index is 10.8. The Morgan fingerprint density at radius 1 is 1.42 bits per heavy atom. The summed E-state index contributed by atoms with van der Waals surface area (Å²) in [5.41, 5.74) is 4.78. The summed E-state index contributed by atoms with van der Waals surface area (Å²) in [6.07, 6.45) is 2.94. The Balaban J connectivity index is 3.53. The highest BCUT2D eigenvalue weighted by Gasteiger charge is 1.93. The number of thiol groups is 1. The zero-order chi connectivity index (χ0) is 9.40. The van der Waals surface area contributed by atoms with E-state index in [1.54, 1.807) is 0 Å². The highest BCUT2D eigenvalue weighted by Crippen LogP contribution is 1.80. The van der Waals surface area contributed by atoms with Crippen LogP contribution in [0.1, 0.15) is 6.42 Å². The number of amides is 2. The lowest BCUT2D eigenvalue weighted by atomic mass is 10.4. The average molecular weight is 188 g/mol. The Morgan fingerprint density at radius 2 is 2.08 bits per heavy atom. The van der Waals surface area contributed by atoms with E-state index >= 15 is 0 Å². The van der Waals surface area contributed by atoms with Crippen LogP contribution in [0.15, 0.2) is 12.2 Å². The molecule has 0 bridgehead atoms. The molecule has 0 aromatic heterocycles. The molecule has 0 rings (SSSR count). The predicted molar refractivity (Wildman–Crippen MR) is 49.8 cm³/mol. The van der Waals surface area contributed by atoms with Gasteiger partial charge in [-0.25, -0.2) is 0 Å². The van der Waals surface area contributed by atoms with Crippen LogP contribution in [0.25, 0.3) is 0 Å². The summed E-state index contributed by atoms with van der Waals surface area (Å²) < 4.78 is 0. The molecule has 0 unspecified atom stereocenters. The lowest BCUT2D eigenvalue weighted by Gasteiger charge is -1.97. The third kappa shape index (κ3) is 7.14. The van der Waals surface area contributed by atoms with Crippen molar-refractivity contribution in [1.29, 1.82) is 0 Å². The number of primary amides is 1. The topological polar surface area (TPSA) is 72.2 Å². The molecule has 0 radical (unpaired) electrons. The number of hydrogen-bond donors (Lipinski definition) is 3. The largest absolute Gasteiger partial charge is 0.366 e. The molecule has 12 heavy (non-hydrogen) atoms. The van der Waals surface area contributed by atoms with Gasteiger partial charge in [-0.3, -0.25) is 9.59 Å². The van der Waals surface area contributed by atoms with Gasteiger partial charge < -0.3 is 11.1 Å². The molecule has 4 nitrogen and oxygen atoms in total. The second-order valence-corrected chi connectivity index (χ2v) is 2.55. The monoisotopic (exact) mass is 188 g/mol. The van der Waals surface area contributed by atoms with Crippen molar-refractivity contribution in [3.8, 4) is 0 Å². The normalized spacial score (nSPS) is 10.1. The third-order valence-corrected chi connectivity index (χ3v) is 1.35. The maximum Gasteiger partial charge on any atom is 0.244 e. The number of carbonyl (C=O) groups is 2. The molecule has 3 N–H and O–H groups in total. The van der Waals surface area contributed by atoms with E-state index in [-0.39, 0.29) is 5.91 Å². The molecule has 0 aromatic carbocycles. The summed E-state index contributed by atoms with van der Waals surface area (Å²) in [4.78, 5) is 21.0. The maximum atomic E-state index is 10.8. The van der Waals surface area contributed by atoms with Crippen molar-refractivity contribution >= 4 is 24.4 Å². The molecular formula is C7H12N2O2S. The lowest BCUT2D eigenvalue weighted by molar-refractivity contribution is -0.117. The van der Waals surface area contributed by atoms with E-state index in [0.717, 1.165) is 24.3 Å². The fourth-order valence-electron chi connectivity index (χ4n) is 0.507. The first kappa shape index (κ1) is 11.0. The number of nitrogens with two attached hydrogens (primary N) is 1. The summed E-state index contributed by atoms with van der Waals surface area (Å²) in [7, 11) is 0. The number of nitrogens with one attached hydrogen (secondary N) is 1. The Kier molecular flexibility index (Phi) is 6.18. The second kappa shape index (κ2) is 6.72. The van der Waals surface area contributed by atoms with Crippen LogP contribution in [0.4, 0.5) is 0 Å². The zero-order valence-electron chi connectivity index (χ0n) is 6.62. The number of hydrogen-bond acceptors (Lipinski definition) is 3. The summed E-state index contributed by atoms with van der Waals surface area (Å²) in [6, 6.07) is 0.